The summed E-state index contributed by atoms with van der Waals surface area (Å²) in [6.45, 7) is 10.9. The van der Waals surface area contributed by atoms with Crippen molar-refractivity contribution in [3.8, 4) is 0 Å². The Hall–Kier alpha value is -1.68. The molecule has 1 saturated heterocycles. The van der Waals surface area contributed by atoms with E-state index in [0.717, 1.165) is 35.8 Å². The number of furan rings is 1. The zero-order valence-electron chi connectivity index (χ0n) is 23.7. The predicted octanol–water partition coefficient (Wildman–Crippen LogP) is 4.93. The minimum atomic E-state index is -3.85. The van der Waals surface area contributed by atoms with Gasteiger partial charge in [0.15, 0.2) is 0 Å². The van der Waals surface area contributed by atoms with Crippen LogP contribution in [0.5, 0.6) is 0 Å². The highest BCUT2D eigenvalue weighted by atomic mass is 32.2. The molecule has 0 radical (unpaired) electrons. The first-order chi connectivity index (χ1) is 18.3. The van der Waals surface area contributed by atoms with Crippen molar-refractivity contribution in [3.05, 3.63) is 36.1 Å². The molecule has 6 aliphatic rings. The molecule has 1 aliphatic heterocycles. The summed E-state index contributed by atoms with van der Waals surface area (Å²) in [7, 11) is -4.57. The van der Waals surface area contributed by atoms with Crippen LogP contribution in [0.3, 0.4) is 0 Å². The van der Waals surface area contributed by atoms with Crippen LogP contribution in [0.1, 0.15) is 72.3 Å². The summed E-state index contributed by atoms with van der Waals surface area (Å²) < 4.78 is 50.0. The molecule has 210 valence electrons. The summed E-state index contributed by atoms with van der Waals surface area (Å²) >= 11 is 0. The van der Waals surface area contributed by atoms with E-state index in [0.29, 0.717) is 31.1 Å². The lowest BCUT2D eigenvalue weighted by Gasteiger charge is -2.64. The van der Waals surface area contributed by atoms with E-state index >= 15 is 0 Å². The van der Waals surface area contributed by atoms with Gasteiger partial charge in [0, 0.05) is 17.2 Å². The molecule has 0 unspecified atom stereocenters. The number of benzene rings is 1. The number of carbonyl (C=O) groups excluding carboxylic acids is 1. The Morgan fingerprint density at radius 1 is 1.10 bits per heavy atom. The highest BCUT2D eigenvalue weighted by molar-refractivity contribution is 7.89. The number of para-hydroxylation sites is 1. The molecule has 5 aliphatic carbocycles. The summed E-state index contributed by atoms with van der Waals surface area (Å²) in [5.74, 6) is 0.494. The van der Waals surface area contributed by atoms with Crippen molar-refractivity contribution in [2.45, 2.75) is 90.8 Å². The zero-order valence-corrected chi connectivity index (χ0v) is 24.5. The zero-order chi connectivity index (χ0) is 27.6. The number of hydrogen-bond donors (Lipinski definition) is 1. The fraction of sp³-hybridized carbons (Fsp3) is 0.700. The molecule has 9 heteroatoms. The van der Waals surface area contributed by atoms with Crippen molar-refractivity contribution >= 4 is 33.9 Å². The van der Waals surface area contributed by atoms with Crippen LogP contribution in [0.15, 0.2) is 34.9 Å². The van der Waals surface area contributed by atoms with Crippen molar-refractivity contribution in [2.75, 3.05) is 5.75 Å². The molecule has 1 aromatic carbocycles. The maximum absolute atomic E-state index is 13.9. The monoisotopic (exact) mass is 553 g/mol. The lowest BCUT2D eigenvalue weighted by atomic mass is 9.43. The Morgan fingerprint density at radius 3 is 2.56 bits per heavy atom. The van der Waals surface area contributed by atoms with Gasteiger partial charge in [0.1, 0.15) is 11.4 Å². The van der Waals surface area contributed by atoms with E-state index in [-0.39, 0.29) is 34.4 Å². The molecular weight excluding hydrogens is 513 g/mol. The lowest BCUT2D eigenvalue weighted by Crippen LogP contribution is -2.65. The SMILES string of the molecule is CC1(C)[C@@H]2C[C@H]3OB([C@H](Cc4coc5ccccc45)NS(=O)(=O)C[C@@]45CC[C@@H](CC4=O)C5(C)C)O[C@@]3(C)[C@H]1C2. The molecule has 8 rings (SSSR count). The fourth-order valence-electron chi connectivity index (χ4n) is 9.40. The Labute approximate surface area is 231 Å². The molecule has 7 atom stereocenters. The molecular formula is C30H40BNO6S. The van der Waals surface area contributed by atoms with Crippen molar-refractivity contribution < 1.29 is 26.9 Å². The van der Waals surface area contributed by atoms with Gasteiger partial charge in [0.25, 0.3) is 0 Å². The van der Waals surface area contributed by atoms with E-state index in [9.17, 15) is 13.2 Å². The minimum absolute atomic E-state index is 0.0584. The predicted molar refractivity (Wildman–Crippen MR) is 149 cm³/mol. The van der Waals surface area contributed by atoms with Crippen LogP contribution < -0.4 is 4.72 Å². The van der Waals surface area contributed by atoms with Gasteiger partial charge in [-0.2, -0.15) is 0 Å². The van der Waals surface area contributed by atoms with E-state index in [2.05, 4.69) is 39.3 Å². The number of carbonyl (C=O) groups is 1. The number of fused-ring (bicyclic) bond motifs is 3. The van der Waals surface area contributed by atoms with Crippen molar-refractivity contribution in [1.82, 2.24) is 4.72 Å². The van der Waals surface area contributed by atoms with Gasteiger partial charge in [-0.3, -0.25) is 4.79 Å². The summed E-state index contributed by atoms with van der Waals surface area (Å²) in [5, 5.41) is 0.955. The lowest BCUT2D eigenvalue weighted by molar-refractivity contribution is -0.199. The van der Waals surface area contributed by atoms with Gasteiger partial charge < -0.3 is 13.7 Å². The molecule has 1 aromatic heterocycles. The molecule has 0 spiro atoms. The average molecular weight is 554 g/mol. The molecule has 2 heterocycles. The van der Waals surface area contributed by atoms with Crippen LogP contribution in [0.4, 0.5) is 0 Å². The third-order valence-corrected chi connectivity index (χ3v) is 13.7. The number of Topliss-reactive ketones (excluding diaryl/α,β-unsaturated/α-hetero) is 1. The molecule has 7 nitrogen and oxygen atoms in total. The average Bonchev–Trinajstić information content (AvgIpc) is 3.54. The third-order valence-electron chi connectivity index (χ3n) is 12.2. The van der Waals surface area contributed by atoms with Crippen LogP contribution in [0.25, 0.3) is 11.0 Å². The quantitative estimate of drug-likeness (QED) is 0.489. The van der Waals surface area contributed by atoms with Crippen molar-refractivity contribution in [1.29, 1.82) is 0 Å². The number of nitrogens with one attached hydrogen (secondary N) is 1. The van der Waals surface area contributed by atoms with Crippen molar-refractivity contribution in [3.63, 3.8) is 0 Å². The normalized spacial score (nSPS) is 38.7. The Balaban J connectivity index is 1.20. The first-order valence-corrected chi connectivity index (χ1v) is 16.2. The third kappa shape index (κ3) is 3.58. The largest absolute Gasteiger partial charge is 0.477 e. The van der Waals surface area contributed by atoms with Crippen LogP contribution in [0, 0.1) is 34.0 Å². The molecule has 4 bridgehead atoms. The first-order valence-electron chi connectivity index (χ1n) is 14.6. The van der Waals surface area contributed by atoms with Gasteiger partial charge in [-0.1, -0.05) is 45.9 Å². The molecule has 0 amide bonds. The van der Waals surface area contributed by atoms with Gasteiger partial charge in [-0.05, 0) is 79.2 Å². The number of hydrogen-bond acceptors (Lipinski definition) is 6. The highest BCUT2D eigenvalue weighted by Gasteiger charge is 2.69. The molecule has 5 saturated carbocycles. The van der Waals surface area contributed by atoms with E-state index in [1.54, 1.807) is 6.26 Å². The maximum Gasteiger partial charge on any atom is 0.477 e. The highest BCUT2D eigenvalue weighted by Crippen LogP contribution is 2.66. The Kier molecular flexibility index (Phi) is 5.52. The van der Waals surface area contributed by atoms with Crippen LogP contribution >= 0.6 is 0 Å². The van der Waals surface area contributed by atoms with E-state index in [1.165, 1.54) is 0 Å². The van der Waals surface area contributed by atoms with Gasteiger partial charge in [0.05, 0.1) is 29.7 Å². The summed E-state index contributed by atoms with van der Waals surface area (Å²) in [6.07, 6.45) is 6.10. The first kappa shape index (κ1) is 26.2. The van der Waals surface area contributed by atoms with Gasteiger partial charge in [0.2, 0.25) is 10.0 Å². The maximum atomic E-state index is 13.9. The molecule has 1 N–H and O–H groups in total. The van der Waals surface area contributed by atoms with Crippen LogP contribution in [-0.2, 0) is 30.5 Å². The van der Waals surface area contributed by atoms with Crippen LogP contribution in [-0.4, -0.2) is 44.7 Å². The Bertz CT molecular complexity index is 1450. The fourth-order valence-corrected chi connectivity index (χ4v) is 11.5. The van der Waals surface area contributed by atoms with E-state index in [1.807, 2.05) is 24.3 Å². The number of rotatable bonds is 7. The van der Waals surface area contributed by atoms with Gasteiger partial charge in [-0.15, -0.1) is 0 Å². The Morgan fingerprint density at radius 2 is 1.87 bits per heavy atom. The van der Waals surface area contributed by atoms with Gasteiger partial charge in [-0.25, -0.2) is 13.1 Å². The number of ketones is 1. The molecule has 2 aromatic rings. The van der Waals surface area contributed by atoms with E-state index < -0.39 is 34.1 Å². The summed E-state index contributed by atoms with van der Waals surface area (Å²) in [6, 6.07) is 7.78. The second-order valence-corrected chi connectivity index (χ2v) is 16.2. The minimum Gasteiger partial charge on any atom is -0.464 e. The topological polar surface area (TPSA) is 94.8 Å². The second-order valence-electron chi connectivity index (χ2n) is 14.4. The second kappa shape index (κ2) is 8.21. The van der Waals surface area contributed by atoms with Crippen molar-refractivity contribution in [2.24, 2.45) is 34.0 Å². The van der Waals surface area contributed by atoms with Gasteiger partial charge >= 0.3 is 7.12 Å². The summed E-state index contributed by atoms with van der Waals surface area (Å²) in [5.41, 5.74) is 0.243. The molecule has 6 fully saturated rings. The van der Waals surface area contributed by atoms with E-state index in [4.69, 9.17) is 13.7 Å². The molecule has 39 heavy (non-hydrogen) atoms. The summed E-state index contributed by atoms with van der Waals surface area (Å²) in [4.78, 5) is 13.2. The smallest absolute Gasteiger partial charge is 0.464 e. The standard InChI is InChI=1S/C30H40BNO6S/c1-27(2)20-13-23(27)29(5)25(15-20)37-31(38-29)26(12-18-16-36-22-9-7-6-8-21(18)22)32-39(34,35)17-30-11-10-19(14-24(30)33)28(30,3)4/h6-9,16,19-20,23,25-26,32H,10-15,17H2,1-5H3/t19-,20-,23-,25+,26-,29-,30-/m0/s1. The van der Waals surface area contributed by atoms with Crippen LogP contribution in [0.2, 0.25) is 0 Å². The number of sulfonamides is 1.